The van der Waals surface area contributed by atoms with Crippen molar-refractivity contribution in [1.82, 2.24) is 4.90 Å². The molecule has 0 aliphatic carbocycles. The van der Waals surface area contributed by atoms with E-state index in [9.17, 15) is 23.4 Å². The van der Waals surface area contributed by atoms with Gasteiger partial charge in [-0.15, -0.1) is 0 Å². The summed E-state index contributed by atoms with van der Waals surface area (Å²) in [5, 5.41) is 19.4. The third-order valence-electron chi connectivity index (χ3n) is 4.66. The first-order chi connectivity index (χ1) is 13.3. The number of rotatable bonds is 6. The van der Waals surface area contributed by atoms with Crippen molar-refractivity contribution < 1.29 is 28.1 Å². The van der Waals surface area contributed by atoms with E-state index in [1.54, 1.807) is 18.2 Å². The fourth-order valence-electron chi connectivity index (χ4n) is 3.15. The molecule has 2 aromatic rings. The number of benzene rings is 2. The molecular weight excluding hydrogens is 373 g/mol. The number of aliphatic hydroxyl groups is 1. The summed E-state index contributed by atoms with van der Waals surface area (Å²) in [7, 11) is 0. The molecule has 1 fully saturated rings. The van der Waals surface area contributed by atoms with Crippen molar-refractivity contribution in [2.45, 2.75) is 12.3 Å². The van der Waals surface area contributed by atoms with Gasteiger partial charge in [0.1, 0.15) is 24.2 Å². The second kappa shape index (κ2) is 8.70. The quantitative estimate of drug-likeness (QED) is 0.786. The lowest BCUT2D eigenvalue weighted by atomic mass is 10.1. The first kappa shape index (κ1) is 20.3. The molecule has 0 bridgehead atoms. The fraction of sp³-hybridized carbons (Fsp3) is 0.400. The van der Waals surface area contributed by atoms with E-state index in [-0.39, 0.29) is 12.4 Å². The summed E-state index contributed by atoms with van der Waals surface area (Å²) in [6.07, 6.45) is -5.03. The molecule has 1 heterocycles. The molecule has 1 aliphatic rings. The van der Waals surface area contributed by atoms with Crippen LogP contribution in [0.5, 0.6) is 11.5 Å². The molecule has 152 valence electrons. The lowest BCUT2D eigenvalue weighted by molar-refractivity contribution is -0.137. The summed E-state index contributed by atoms with van der Waals surface area (Å²) < 4.78 is 44.1. The van der Waals surface area contributed by atoms with E-state index < -0.39 is 17.8 Å². The normalized spacial score (nSPS) is 16.8. The third-order valence-corrected chi connectivity index (χ3v) is 4.66. The first-order valence-corrected chi connectivity index (χ1v) is 9.06. The van der Waals surface area contributed by atoms with Crippen LogP contribution in [0, 0.1) is 0 Å². The molecule has 0 spiro atoms. The van der Waals surface area contributed by atoms with Crippen molar-refractivity contribution >= 4 is 5.69 Å². The summed E-state index contributed by atoms with van der Waals surface area (Å²) >= 11 is 0. The zero-order valence-electron chi connectivity index (χ0n) is 15.3. The van der Waals surface area contributed by atoms with Gasteiger partial charge in [0, 0.05) is 38.4 Å². The van der Waals surface area contributed by atoms with E-state index in [1.165, 1.54) is 24.3 Å². The molecule has 2 N–H and O–H groups in total. The standard InChI is InChI=1S/C20H23F3N2O3/c21-20(22,23)15-2-1-3-16(12-15)25-10-8-24(9-11-25)13-18(27)14-28-19-6-4-17(26)5-7-19/h1-7,12,18,26-27H,8-11,13-14H2/t18-/m0/s1. The van der Waals surface area contributed by atoms with Gasteiger partial charge in [0.2, 0.25) is 0 Å². The number of aliphatic hydroxyl groups excluding tert-OH is 1. The number of aromatic hydroxyl groups is 1. The molecule has 28 heavy (non-hydrogen) atoms. The van der Waals surface area contributed by atoms with Gasteiger partial charge in [0.15, 0.2) is 0 Å². The van der Waals surface area contributed by atoms with Crippen molar-refractivity contribution in [2.24, 2.45) is 0 Å². The predicted octanol–water partition coefficient (Wildman–Crippen LogP) is 2.97. The molecule has 2 aromatic carbocycles. The van der Waals surface area contributed by atoms with Gasteiger partial charge in [0.25, 0.3) is 0 Å². The molecule has 5 nitrogen and oxygen atoms in total. The van der Waals surface area contributed by atoms with E-state index in [0.717, 1.165) is 6.07 Å². The van der Waals surface area contributed by atoms with Gasteiger partial charge in [0.05, 0.1) is 5.56 Å². The number of nitrogens with zero attached hydrogens (tertiary/aromatic N) is 2. The lowest BCUT2D eigenvalue weighted by Crippen LogP contribution is -2.49. The van der Waals surface area contributed by atoms with Crippen LogP contribution < -0.4 is 9.64 Å². The average Bonchev–Trinajstić information content (AvgIpc) is 2.68. The fourth-order valence-corrected chi connectivity index (χ4v) is 3.15. The van der Waals surface area contributed by atoms with E-state index >= 15 is 0 Å². The van der Waals surface area contributed by atoms with Crippen molar-refractivity contribution in [3.05, 3.63) is 54.1 Å². The van der Waals surface area contributed by atoms with Gasteiger partial charge in [-0.05, 0) is 42.5 Å². The van der Waals surface area contributed by atoms with Crippen molar-refractivity contribution in [1.29, 1.82) is 0 Å². The second-order valence-electron chi connectivity index (χ2n) is 6.79. The number of β-amino-alcohol motifs (C(OH)–C–C–N with tert-alkyl or cyclic N) is 1. The molecule has 0 radical (unpaired) electrons. The monoisotopic (exact) mass is 396 g/mol. The van der Waals surface area contributed by atoms with Gasteiger partial charge >= 0.3 is 6.18 Å². The molecule has 1 atom stereocenters. The van der Waals surface area contributed by atoms with Gasteiger partial charge < -0.3 is 19.8 Å². The van der Waals surface area contributed by atoms with Crippen LogP contribution in [0.1, 0.15) is 5.56 Å². The van der Waals surface area contributed by atoms with Crippen LogP contribution in [0.25, 0.3) is 0 Å². The Morgan fingerprint density at radius 3 is 2.32 bits per heavy atom. The highest BCUT2D eigenvalue weighted by molar-refractivity contribution is 5.49. The van der Waals surface area contributed by atoms with Crippen LogP contribution in [-0.4, -0.2) is 60.5 Å². The lowest BCUT2D eigenvalue weighted by Gasteiger charge is -2.37. The Labute approximate surface area is 161 Å². The van der Waals surface area contributed by atoms with Gasteiger partial charge in [-0.25, -0.2) is 0 Å². The summed E-state index contributed by atoms with van der Waals surface area (Å²) in [6.45, 7) is 3.02. The Kier molecular flexibility index (Phi) is 6.31. The maximum Gasteiger partial charge on any atom is 0.416 e. The smallest absolute Gasteiger partial charge is 0.416 e. The Bertz CT molecular complexity index is 760. The molecule has 0 aromatic heterocycles. The van der Waals surface area contributed by atoms with Gasteiger partial charge in [-0.3, -0.25) is 4.90 Å². The van der Waals surface area contributed by atoms with E-state index in [2.05, 4.69) is 4.90 Å². The summed E-state index contributed by atoms with van der Waals surface area (Å²) in [4.78, 5) is 3.99. The second-order valence-corrected chi connectivity index (χ2v) is 6.79. The molecular formula is C20H23F3N2O3. The molecule has 0 amide bonds. The average molecular weight is 396 g/mol. The highest BCUT2D eigenvalue weighted by atomic mass is 19.4. The summed E-state index contributed by atoms with van der Waals surface area (Å²) in [6, 6.07) is 11.6. The number of alkyl halides is 3. The molecule has 8 heteroatoms. The van der Waals surface area contributed by atoms with E-state index in [0.29, 0.717) is 44.2 Å². The van der Waals surface area contributed by atoms with Crippen molar-refractivity contribution in [3.8, 4) is 11.5 Å². The van der Waals surface area contributed by atoms with Crippen LogP contribution in [0.3, 0.4) is 0 Å². The number of phenols is 1. The Balaban J connectivity index is 1.45. The molecule has 1 saturated heterocycles. The van der Waals surface area contributed by atoms with Crippen LogP contribution in [0.2, 0.25) is 0 Å². The number of halogens is 3. The number of hydrogen-bond acceptors (Lipinski definition) is 5. The highest BCUT2D eigenvalue weighted by Crippen LogP contribution is 2.31. The number of piperazine rings is 1. The number of ether oxygens (including phenoxy) is 1. The largest absolute Gasteiger partial charge is 0.508 e. The Hall–Kier alpha value is -2.45. The summed E-state index contributed by atoms with van der Waals surface area (Å²) in [5.74, 6) is 0.706. The molecule has 3 rings (SSSR count). The van der Waals surface area contributed by atoms with Crippen LogP contribution in [0.4, 0.5) is 18.9 Å². The molecule has 1 aliphatic heterocycles. The number of phenolic OH excluding ortho intramolecular Hbond substituents is 1. The van der Waals surface area contributed by atoms with Gasteiger partial charge in [-0.1, -0.05) is 6.07 Å². The summed E-state index contributed by atoms with van der Waals surface area (Å²) in [5.41, 5.74) is -0.0834. The van der Waals surface area contributed by atoms with Crippen molar-refractivity contribution in [3.63, 3.8) is 0 Å². The number of hydrogen-bond donors (Lipinski definition) is 2. The van der Waals surface area contributed by atoms with Gasteiger partial charge in [-0.2, -0.15) is 13.2 Å². The maximum atomic E-state index is 12.9. The SMILES string of the molecule is Oc1ccc(OC[C@@H](O)CN2CCN(c3cccc(C(F)(F)F)c3)CC2)cc1. The Morgan fingerprint density at radius 2 is 1.68 bits per heavy atom. The first-order valence-electron chi connectivity index (χ1n) is 9.06. The van der Waals surface area contributed by atoms with Crippen LogP contribution >= 0.6 is 0 Å². The van der Waals surface area contributed by atoms with E-state index in [4.69, 9.17) is 4.74 Å². The minimum Gasteiger partial charge on any atom is -0.508 e. The highest BCUT2D eigenvalue weighted by Gasteiger charge is 2.31. The maximum absolute atomic E-state index is 12.9. The Morgan fingerprint density at radius 1 is 1.00 bits per heavy atom. The minimum atomic E-state index is -4.35. The molecule has 0 saturated carbocycles. The predicted molar refractivity (Wildman–Crippen MR) is 99.7 cm³/mol. The topological polar surface area (TPSA) is 56.2 Å². The third kappa shape index (κ3) is 5.53. The van der Waals surface area contributed by atoms with Crippen molar-refractivity contribution in [2.75, 3.05) is 44.2 Å². The number of anilines is 1. The van der Waals surface area contributed by atoms with Crippen LogP contribution in [-0.2, 0) is 6.18 Å². The van der Waals surface area contributed by atoms with E-state index in [1.807, 2.05) is 4.90 Å². The molecule has 0 unspecified atom stereocenters. The zero-order valence-corrected chi connectivity index (χ0v) is 15.3. The van der Waals surface area contributed by atoms with Crippen LogP contribution in [0.15, 0.2) is 48.5 Å². The zero-order chi connectivity index (χ0) is 20.1. The minimum absolute atomic E-state index is 0.124.